The van der Waals surface area contributed by atoms with Crippen molar-refractivity contribution in [3.63, 3.8) is 0 Å². The molecule has 0 radical (unpaired) electrons. The molecule has 1 aromatic heterocycles. The molecule has 2 rings (SSSR count). The maximum atomic E-state index is 11.5. The van der Waals surface area contributed by atoms with Crippen LogP contribution in [0, 0.1) is 15.3 Å². The highest BCUT2D eigenvalue weighted by Gasteiger charge is 2.31. The van der Waals surface area contributed by atoms with Gasteiger partial charge in [-0.1, -0.05) is 39.8 Å². The monoisotopic (exact) mass is 365 g/mol. The van der Waals surface area contributed by atoms with Gasteiger partial charge in [0.15, 0.2) is 5.75 Å². The summed E-state index contributed by atoms with van der Waals surface area (Å²) in [5.41, 5.74) is 9.81. The molecule has 0 amide bonds. The third-order valence-electron chi connectivity index (χ3n) is 2.43. The van der Waals surface area contributed by atoms with E-state index in [0.29, 0.717) is 0 Å². The number of hydrogen-bond acceptors (Lipinski definition) is 7. The van der Waals surface area contributed by atoms with Crippen LogP contribution in [-0.4, -0.2) is 9.91 Å². The lowest BCUT2D eigenvalue weighted by Gasteiger charge is -2.12. The standard InChI is InChI=1S/C10H6Cl3N5O4/c11-3-1-4(12)7(5(13)2-3)22-9-6(18(20)21)8(14)17(19)10(15)16-9/h1-2H,14H2,(H2,15,16). The lowest BCUT2D eigenvalue weighted by atomic mass is 10.3. The van der Waals surface area contributed by atoms with Crippen molar-refractivity contribution >= 4 is 52.3 Å². The van der Waals surface area contributed by atoms with Crippen LogP contribution in [0.5, 0.6) is 11.6 Å². The number of nitrogens with two attached hydrogens (primary N) is 2. The summed E-state index contributed by atoms with van der Waals surface area (Å²) in [6.07, 6.45) is 0. The zero-order valence-electron chi connectivity index (χ0n) is 10.4. The number of hydrogen-bond donors (Lipinski definition) is 2. The molecule has 22 heavy (non-hydrogen) atoms. The van der Waals surface area contributed by atoms with E-state index in [1.807, 2.05) is 0 Å². The quantitative estimate of drug-likeness (QED) is 0.367. The largest absolute Gasteiger partial charge is 0.754 e. The van der Waals surface area contributed by atoms with Gasteiger partial charge in [-0.25, -0.2) is 4.73 Å². The van der Waals surface area contributed by atoms with Crippen molar-refractivity contribution in [3.05, 3.63) is 42.5 Å². The summed E-state index contributed by atoms with van der Waals surface area (Å²) in [6, 6.07) is 2.61. The number of nitrogens with zero attached hydrogens (tertiary/aromatic N) is 3. The zero-order valence-corrected chi connectivity index (χ0v) is 12.7. The second-order valence-electron chi connectivity index (χ2n) is 3.86. The van der Waals surface area contributed by atoms with Crippen LogP contribution in [0.2, 0.25) is 15.1 Å². The molecule has 0 aliphatic heterocycles. The fourth-order valence-electron chi connectivity index (χ4n) is 1.50. The Hall–Kier alpha value is -2.23. The molecule has 1 heterocycles. The molecule has 0 bridgehead atoms. The van der Waals surface area contributed by atoms with Gasteiger partial charge in [0.25, 0.3) is 5.82 Å². The van der Waals surface area contributed by atoms with Gasteiger partial charge in [0, 0.05) is 5.02 Å². The van der Waals surface area contributed by atoms with E-state index in [-0.39, 0.29) is 25.5 Å². The highest BCUT2D eigenvalue weighted by atomic mass is 35.5. The first kappa shape index (κ1) is 16.1. The number of aromatic nitrogens is 2. The number of nitrogen functional groups attached to an aromatic ring is 2. The summed E-state index contributed by atoms with van der Waals surface area (Å²) in [4.78, 5) is 13.6. The SMILES string of the molecule is Nc1nc(Oc2c(Cl)cc(Cl)cc2Cl)c([N+](=O)[O-])c(N)[n+]1[O-]. The lowest BCUT2D eigenvalue weighted by molar-refractivity contribution is -0.581. The Balaban J connectivity index is 2.62. The molecule has 0 saturated carbocycles. The van der Waals surface area contributed by atoms with Gasteiger partial charge in [-0.05, 0) is 12.1 Å². The molecule has 0 aliphatic carbocycles. The first-order valence-corrected chi connectivity index (χ1v) is 6.51. The molecule has 0 aliphatic rings. The smallest absolute Gasteiger partial charge is 0.407 e. The van der Waals surface area contributed by atoms with Gasteiger partial charge < -0.3 is 21.4 Å². The number of nitro groups is 1. The third kappa shape index (κ3) is 2.86. The second-order valence-corrected chi connectivity index (χ2v) is 5.11. The van der Waals surface area contributed by atoms with Gasteiger partial charge in [-0.3, -0.25) is 10.1 Å². The van der Waals surface area contributed by atoms with E-state index < -0.39 is 28.3 Å². The lowest BCUT2D eigenvalue weighted by Crippen LogP contribution is -2.36. The number of halogens is 3. The van der Waals surface area contributed by atoms with Gasteiger partial charge in [0.1, 0.15) is 0 Å². The van der Waals surface area contributed by atoms with Gasteiger partial charge in [-0.2, -0.15) is 0 Å². The Morgan fingerprint density at radius 3 is 2.27 bits per heavy atom. The second kappa shape index (κ2) is 5.87. The first-order chi connectivity index (χ1) is 10.2. The van der Waals surface area contributed by atoms with Crippen LogP contribution < -0.4 is 20.9 Å². The van der Waals surface area contributed by atoms with Crippen molar-refractivity contribution in [2.45, 2.75) is 0 Å². The van der Waals surface area contributed by atoms with Crippen LogP contribution in [0.1, 0.15) is 0 Å². The van der Waals surface area contributed by atoms with Gasteiger partial charge in [-0.15, -0.1) is 0 Å². The van der Waals surface area contributed by atoms with E-state index in [0.717, 1.165) is 0 Å². The topological polar surface area (TPSA) is 144 Å². The molecule has 116 valence electrons. The van der Waals surface area contributed by atoms with Crippen LogP contribution in [0.15, 0.2) is 12.1 Å². The molecular formula is C10H6Cl3N5O4. The normalized spacial score (nSPS) is 10.5. The van der Waals surface area contributed by atoms with Gasteiger partial charge >= 0.3 is 17.5 Å². The Labute approximate surface area is 137 Å². The van der Waals surface area contributed by atoms with Gasteiger partial charge in [0.2, 0.25) is 0 Å². The van der Waals surface area contributed by atoms with Crippen LogP contribution >= 0.6 is 34.8 Å². The fourth-order valence-corrected chi connectivity index (χ4v) is 2.39. The van der Waals surface area contributed by atoms with Crippen molar-refractivity contribution < 1.29 is 14.4 Å². The molecule has 12 heteroatoms. The summed E-state index contributed by atoms with van der Waals surface area (Å²) >= 11 is 17.6. The highest BCUT2D eigenvalue weighted by Crippen LogP contribution is 2.41. The van der Waals surface area contributed by atoms with Crippen molar-refractivity contribution in [1.82, 2.24) is 4.98 Å². The Bertz CT molecular complexity index is 763. The van der Waals surface area contributed by atoms with Crippen LogP contribution in [0.3, 0.4) is 0 Å². The molecule has 0 unspecified atom stereocenters. The number of anilines is 2. The number of ether oxygens (including phenoxy) is 1. The minimum absolute atomic E-state index is 0.0235. The minimum atomic E-state index is -0.941. The van der Waals surface area contributed by atoms with Crippen molar-refractivity contribution in [3.8, 4) is 11.6 Å². The molecular weight excluding hydrogens is 361 g/mol. The van der Waals surface area contributed by atoms with E-state index in [1.54, 1.807) is 0 Å². The van der Waals surface area contributed by atoms with Crippen LogP contribution in [0.4, 0.5) is 17.5 Å². The van der Waals surface area contributed by atoms with Crippen molar-refractivity contribution in [2.24, 2.45) is 0 Å². The van der Waals surface area contributed by atoms with Crippen LogP contribution in [0.25, 0.3) is 0 Å². The predicted octanol–water partition coefficient (Wildman–Crippen LogP) is 2.54. The summed E-state index contributed by atoms with van der Waals surface area (Å²) in [6.45, 7) is 0. The van der Waals surface area contributed by atoms with Gasteiger partial charge in [0.05, 0.1) is 15.0 Å². The first-order valence-electron chi connectivity index (χ1n) is 5.37. The third-order valence-corrected chi connectivity index (χ3v) is 3.21. The molecule has 1 aromatic carbocycles. The molecule has 0 spiro atoms. The molecule has 0 atom stereocenters. The van der Waals surface area contributed by atoms with E-state index in [2.05, 4.69) is 4.98 Å². The molecule has 0 saturated heterocycles. The fraction of sp³-hybridized carbons (Fsp3) is 0. The summed E-state index contributed by atoms with van der Waals surface area (Å²) < 4.78 is 5.12. The maximum Gasteiger partial charge on any atom is 0.407 e. The van der Waals surface area contributed by atoms with Crippen LogP contribution in [-0.2, 0) is 0 Å². The average Bonchev–Trinajstić information content (AvgIpc) is 2.39. The van der Waals surface area contributed by atoms with E-state index >= 15 is 0 Å². The Morgan fingerprint density at radius 2 is 1.77 bits per heavy atom. The number of benzene rings is 1. The summed E-state index contributed by atoms with van der Waals surface area (Å²) in [5.74, 6) is -2.20. The average molecular weight is 367 g/mol. The van der Waals surface area contributed by atoms with Crippen molar-refractivity contribution in [2.75, 3.05) is 11.5 Å². The summed E-state index contributed by atoms with van der Waals surface area (Å²) in [7, 11) is 0. The van der Waals surface area contributed by atoms with E-state index in [4.69, 9.17) is 51.0 Å². The number of rotatable bonds is 3. The predicted molar refractivity (Wildman–Crippen MR) is 80.2 cm³/mol. The Kier molecular flexibility index (Phi) is 4.31. The maximum absolute atomic E-state index is 11.5. The van der Waals surface area contributed by atoms with E-state index in [1.165, 1.54) is 12.1 Å². The molecule has 2 aromatic rings. The highest BCUT2D eigenvalue weighted by molar-refractivity contribution is 6.40. The molecule has 4 N–H and O–H groups in total. The molecule has 0 fully saturated rings. The molecule has 9 nitrogen and oxygen atoms in total. The zero-order chi connectivity index (χ0) is 16.6. The Morgan fingerprint density at radius 1 is 1.23 bits per heavy atom. The minimum Gasteiger partial charge on any atom is -0.754 e. The summed E-state index contributed by atoms with van der Waals surface area (Å²) in [5, 5.41) is 22.7. The van der Waals surface area contributed by atoms with Crippen molar-refractivity contribution in [1.29, 1.82) is 0 Å². The van der Waals surface area contributed by atoms with E-state index in [9.17, 15) is 15.3 Å².